The van der Waals surface area contributed by atoms with E-state index in [1.54, 1.807) is 4.57 Å². The Morgan fingerprint density at radius 1 is 1.15 bits per heavy atom. The Labute approximate surface area is 228 Å². The fourth-order valence-corrected chi connectivity index (χ4v) is 5.13. The molecule has 0 bridgehead atoms. The van der Waals surface area contributed by atoms with Crippen molar-refractivity contribution in [2.24, 2.45) is 17.4 Å². The predicted octanol–water partition coefficient (Wildman–Crippen LogP) is 1.15. The first-order valence-corrected chi connectivity index (χ1v) is 13.5. The predicted molar refractivity (Wildman–Crippen MR) is 156 cm³/mol. The van der Waals surface area contributed by atoms with Crippen molar-refractivity contribution >= 4 is 23.0 Å². The number of nitrogens with zero attached hydrogens (tertiary/aromatic N) is 3. The second kappa shape index (κ2) is 12.8. The highest BCUT2D eigenvalue weighted by Crippen LogP contribution is 2.29. The van der Waals surface area contributed by atoms with Gasteiger partial charge < -0.3 is 37.3 Å². The molecule has 0 spiro atoms. The fraction of sp³-hybridized carbons (Fsp3) is 0.481. The van der Waals surface area contributed by atoms with Crippen LogP contribution in [0, 0.1) is 16.7 Å². The van der Waals surface area contributed by atoms with E-state index in [2.05, 4.69) is 50.7 Å². The maximum Gasteiger partial charge on any atom is 0.354 e. The van der Waals surface area contributed by atoms with Crippen LogP contribution in [-0.4, -0.2) is 70.6 Å². The maximum absolute atomic E-state index is 12.9. The molecule has 1 aromatic carbocycles. The summed E-state index contributed by atoms with van der Waals surface area (Å²) in [6, 6.07) is 10.2. The molecule has 0 amide bonds. The van der Waals surface area contributed by atoms with Gasteiger partial charge in [0, 0.05) is 55.4 Å². The summed E-state index contributed by atoms with van der Waals surface area (Å²) in [5.41, 5.74) is 14.0. The van der Waals surface area contributed by atoms with Crippen LogP contribution in [0.4, 0.5) is 0 Å². The summed E-state index contributed by atoms with van der Waals surface area (Å²) < 4.78 is 1.60. The summed E-state index contributed by atoms with van der Waals surface area (Å²) in [7, 11) is 0. The van der Waals surface area contributed by atoms with Crippen LogP contribution in [0.15, 0.2) is 41.3 Å². The SMILES string of the molecule is C[C@@H](CNC(=N)N)CN1CC[C@@H](c2cc3cn(-c4ccc([C@H](C)NCCCNC(=N)N)cc4)c(=O)nc3[nH]2)C1. The van der Waals surface area contributed by atoms with Gasteiger partial charge in [0.2, 0.25) is 0 Å². The molecular weight excluding hydrogens is 494 g/mol. The Morgan fingerprint density at radius 3 is 2.62 bits per heavy atom. The van der Waals surface area contributed by atoms with E-state index in [9.17, 15) is 4.79 Å². The molecule has 39 heavy (non-hydrogen) atoms. The first kappa shape index (κ1) is 28.1. The molecule has 2 aromatic heterocycles. The molecule has 3 aromatic rings. The third kappa shape index (κ3) is 7.58. The summed E-state index contributed by atoms with van der Waals surface area (Å²) in [6.45, 7) is 9.31. The van der Waals surface area contributed by atoms with Crippen molar-refractivity contribution in [3.05, 3.63) is 58.3 Å². The first-order valence-electron chi connectivity index (χ1n) is 13.5. The highest BCUT2D eigenvalue weighted by Gasteiger charge is 2.26. The normalized spacial score (nSPS) is 17.2. The van der Waals surface area contributed by atoms with E-state index in [0.717, 1.165) is 61.4 Å². The fourth-order valence-electron chi connectivity index (χ4n) is 5.13. The number of guanidine groups is 2. The standard InChI is InChI=1S/C27H41N11O/c1-17(13-34-26(30)31)14-37-11-8-20(15-37)23-12-21-16-38(27(39)36-24(21)35-23)22-6-4-19(5-7-22)18(2)32-9-3-10-33-25(28)29/h4-7,12,16-18,20,32H,3,8-11,13-15H2,1-2H3,(H4,28,29,33)(H4,30,31,34)(H,35,36,39)/t17-,18-,20+/m0/s1. The van der Waals surface area contributed by atoms with Crippen LogP contribution in [-0.2, 0) is 0 Å². The highest BCUT2D eigenvalue weighted by atomic mass is 16.1. The number of nitrogens with one attached hydrogen (secondary N) is 6. The lowest BCUT2D eigenvalue weighted by Crippen LogP contribution is -2.37. The zero-order valence-corrected chi connectivity index (χ0v) is 22.8. The Morgan fingerprint density at radius 2 is 1.90 bits per heavy atom. The molecule has 12 nitrogen and oxygen atoms in total. The summed E-state index contributed by atoms with van der Waals surface area (Å²) in [5.74, 6) is 0.751. The van der Waals surface area contributed by atoms with Gasteiger partial charge in [-0.1, -0.05) is 19.1 Å². The number of fused-ring (bicyclic) bond motifs is 1. The molecule has 0 radical (unpaired) electrons. The summed E-state index contributed by atoms with van der Waals surface area (Å²) >= 11 is 0. The summed E-state index contributed by atoms with van der Waals surface area (Å²) in [5, 5.41) is 24.6. The van der Waals surface area contributed by atoms with Crippen LogP contribution in [0.5, 0.6) is 0 Å². The quantitative estimate of drug-likeness (QED) is 0.0962. The number of H-pyrrole nitrogens is 1. The van der Waals surface area contributed by atoms with Crippen molar-refractivity contribution < 1.29 is 0 Å². The van der Waals surface area contributed by atoms with E-state index in [0.29, 0.717) is 30.6 Å². The number of rotatable bonds is 12. The number of hydrogen-bond acceptors (Lipinski definition) is 6. The second-order valence-electron chi connectivity index (χ2n) is 10.5. The molecule has 3 heterocycles. The van der Waals surface area contributed by atoms with E-state index in [4.69, 9.17) is 22.3 Å². The van der Waals surface area contributed by atoms with Crippen molar-refractivity contribution in [3.63, 3.8) is 0 Å². The van der Waals surface area contributed by atoms with E-state index in [1.165, 1.54) is 0 Å². The van der Waals surface area contributed by atoms with Crippen LogP contribution in [0.25, 0.3) is 16.7 Å². The van der Waals surface area contributed by atoms with Crippen molar-refractivity contribution in [2.45, 2.75) is 38.6 Å². The number of hydrogen-bond donors (Lipinski definition) is 8. The van der Waals surface area contributed by atoms with Gasteiger partial charge in [-0.25, -0.2) is 4.79 Å². The van der Waals surface area contributed by atoms with E-state index >= 15 is 0 Å². The third-order valence-corrected chi connectivity index (χ3v) is 7.24. The molecule has 210 valence electrons. The van der Waals surface area contributed by atoms with E-state index in [1.807, 2.05) is 30.5 Å². The van der Waals surface area contributed by atoms with Gasteiger partial charge >= 0.3 is 5.69 Å². The Bertz CT molecular complexity index is 1330. The molecule has 0 aliphatic carbocycles. The van der Waals surface area contributed by atoms with Crippen LogP contribution < -0.4 is 33.1 Å². The van der Waals surface area contributed by atoms with Gasteiger partial charge in [-0.2, -0.15) is 4.98 Å². The molecule has 1 aliphatic heterocycles. The van der Waals surface area contributed by atoms with Gasteiger partial charge in [-0.15, -0.1) is 0 Å². The molecular formula is C27H41N11O. The topological polar surface area (TPSA) is 190 Å². The molecule has 0 saturated carbocycles. The minimum Gasteiger partial charge on any atom is -0.370 e. The molecule has 12 heteroatoms. The lowest BCUT2D eigenvalue weighted by molar-refractivity contribution is 0.284. The number of likely N-dealkylation sites (tertiary alicyclic amines) is 1. The van der Waals surface area contributed by atoms with Gasteiger partial charge in [0.05, 0.1) is 5.69 Å². The molecule has 1 fully saturated rings. The maximum atomic E-state index is 12.9. The highest BCUT2D eigenvalue weighted by molar-refractivity contribution is 5.76. The van der Waals surface area contributed by atoms with Gasteiger partial charge in [0.1, 0.15) is 5.65 Å². The number of nitrogens with two attached hydrogens (primary N) is 2. The molecule has 3 atom stereocenters. The average Bonchev–Trinajstić information content (AvgIpc) is 3.53. The van der Waals surface area contributed by atoms with Crippen LogP contribution in [0.3, 0.4) is 0 Å². The van der Waals surface area contributed by atoms with E-state index in [-0.39, 0.29) is 23.7 Å². The number of benzene rings is 1. The Balaban J connectivity index is 1.38. The van der Waals surface area contributed by atoms with Crippen molar-refractivity contribution in [2.75, 3.05) is 39.3 Å². The third-order valence-electron chi connectivity index (χ3n) is 7.24. The van der Waals surface area contributed by atoms with E-state index < -0.39 is 0 Å². The van der Waals surface area contributed by atoms with Crippen LogP contribution in [0.2, 0.25) is 0 Å². The van der Waals surface area contributed by atoms with Crippen molar-refractivity contribution in [1.82, 2.24) is 35.4 Å². The minimum atomic E-state index is -0.312. The van der Waals surface area contributed by atoms with Crippen LogP contribution >= 0.6 is 0 Å². The van der Waals surface area contributed by atoms with Gasteiger partial charge in [-0.3, -0.25) is 15.4 Å². The smallest absolute Gasteiger partial charge is 0.354 e. The van der Waals surface area contributed by atoms with Crippen molar-refractivity contribution in [1.29, 1.82) is 10.8 Å². The summed E-state index contributed by atoms with van der Waals surface area (Å²) in [6.07, 6.45) is 3.77. The molecule has 10 N–H and O–H groups in total. The lowest BCUT2D eigenvalue weighted by Gasteiger charge is -2.21. The number of aromatic nitrogens is 3. The average molecular weight is 536 g/mol. The summed E-state index contributed by atoms with van der Waals surface area (Å²) in [4.78, 5) is 23.0. The molecule has 1 aliphatic rings. The Kier molecular flexibility index (Phi) is 9.20. The Hall–Kier alpha value is -3.90. The molecule has 0 unspecified atom stereocenters. The first-order chi connectivity index (χ1) is 18.7. The molecule has 4 rings (SSSR count). The van der Waals surface area contributed by atoms with Gasteiger partial charge in [0.15, 0.2) is 11.9 Å². The van der Waals surface area contributed by atoms with Gasteiger partial charge in [0.25, 0.3) is 0 Å². The zero-order valence-electron chi connectivity index (χ0n) is 22.8. The van der Waals surface area contributed by atoms with Crippen molar-refractivity contribution in [3.8, 4) is 5.69 Å². The second-order valence-corrected chi connectivity index (χ2v) is 10.5. The monoisotopic (exact) mass is 535 g/mol. The lowest BCUT2D eigenvalue weighted by atomic mass is 10.1. The number of aromatic amines is 1. The largest absolute Gasteiger partial charge is 0.370 e. The molecule has 1 saturated heterocycles. The minimum absolute atomic E-state index is 0.0100. The van der Waals surface area contributed by atoms with Crippen LogP contribution in [0.1, 0.15) is 49.9 Å². The van der Waals surface area contributed by atoms with Gasteiger partial charge in [-0.05, 0) is 62.5 Å². The zero-order chi connectivity index (χ0) is 27.9.